The first-order chi connectivity index (χ1) is 14.3. The summed E-state index contributed by atoms with van der Waals surface area (Å²) in [6, 6.07) is 8.30. The summed E-state index contributed by atoms with van der Waals surface area (Å²) in [7, 11) is -3.93. The van der Waals surface area contributed by atoms with Crippen LogP contribution in [0.2, 0.25) is 5.02 Å². The number of aromatic nitrogens is 2. The van der Waals surface area contributed by atoms with Crippen LogP contribution in [0.1, 0.15) is 50.9 Å². The Hall–Kier alpha value is -2.19. The molecule has 1 heterocycles. The predicted octanol–water partition coefficient (Wildman–Crippen LogP) is 4.81. The van der Waals surface area contributed by atoms with E-state index >= 15 is 0 Å². The van der Waals surface area contributed by atoms with Crippen LogP contribution in [-0.2, 0) is 10.0 Å². The first-order valence-electron chi connectivity index (χ1n) is 10.2. The number of hydrogen-bond acceptors (Lipinski definition) is 5. The van der Waals surface area contributed by atoms with Crippen molar-refractivity contribution in [3.63, 3.8) is 0 Å². The Balaban J connectivity index is 2.52. The Morgan fingerprint density at radius 1 is 1.10 bits per heavy atom. The number of halogens is 1. The van der Waals surface area contributed by atoms with E-state index in [9.17, 15) is 8.42 Å². The molecule has 0 unspecified atom stereocenters. The SMILES string of the molecule is CCCCN=C(Nc1nc(C)cc(C)n1)N(CCCC)S(=O)(=O)c1ccccc1Cl. The summed E-state index contributed by atoms with van der Waals surface area (Å²) in [5, 5.41) is 3.23. The number of unbranched alkanes of at least 4 members (excludes halogenated alkanes) is 2. The van der Waals surface area contributed by atoms with Gasteiger partial charge in [-0.3, -0.25) is 10.3 Å². The van der Waals surface area contributed by atoms with E-state index in [1.165, 1.54) is 10.4 Å². The third-order valence-corrected chi connectivity index (χ3v) is 6.62. The summed E-state index contributed by atoms with van der Waals surface area (Å²) in [5.74, 6) is 0.528. The second kappa shape index (κ2) is 11.3. The van der Waals surface area contributed by atoms with Gasteiger partial charge in [-0.15, -0.1) is 0 Å². The van der Waals surface area contributed by atoms with Crippen LogP contribution in [0.15, 0.2) is 40.2 Å². The summed E-state index contributed by atoms with van der Waals surface area (Å²) in [6.45, 7) is 8.56. The smallest absolute Gasteiger partial charge is 0.268 e. The standard InChI is InChI=1S/C21H30ClN5O2S/c1-5-7-13-23-21(26-20-24-16(3)15-17(4)25-20)27(14-8-6-2)30(28,29)19-12-10-9-11-18(19)22/h9-12,15H,5-8,13-14H2,1-4H3,(H,23,24,25,26). The maximum Gasteiger partial charge on any atom is 0.268 e. The summed E-state index contributed by atoms with van der Waals surface area (Å²) >= 11 is 6.23. The molecule has 0 bridgehead atoms. The number of nitrogens with zero attached hydrogens (tertiary/aromatic N) is 4. The van der Waals surface area contributed by atoms with Gasteiger partial charge in [0.1, 0.15) is 4.90 Å². The maximum atomic E-state index is 13.5. The van der Waals surface area contributed by atoms with Crippen LogP contribution in [0.3, 0.4) is 0 Å². The molecule has 0 saturated heterocycles. The zero-order chi connectivity index (χ0) is 22.1. The van der Waals surface area contributed by atoms with Gasteiger partial charge in [0.2, 0.25) is 11.9 Å². The van der Waals surface area contributed by atoms with Crippen LogP contribution < -0.4 is 5.32 Å². The van der Waals surface area contributed by atoms with Crippen molar-refractivity contribution >= 4 is 33.5 Å². The molecule has 2 aromatic rings. The van der Waals surface area contributed by atoms with Crippen LogP contribution in [-0.4, -0.2) is 41.7 Å². The molecule has 0 fully saturated rings. The fraction of sp³-hybridized carbons (Fsp3) is 0.476. The summed E-state index contributed by atoms with van der Waals surface area (Å²) in [4.78, 5) is 13.4. The molecule has 0 spiro atoms. The lowest BCUT2D eigenvalue weighted by molar-refractivity contribution is 0.507. The van der Waals surface area contributed by atoms with Crippen LogP contribution >= 0.6 is 11.6 Å². The van der Waals surface area contributed by atoms with E-state index in [0.29, 0.717) is 18.9 Å². The van der Waals surface area contributed by atoms with Crippen molar-refractivity contribution in [1.29, 1.82) is 0 Å². The molecule has 7 nitrogen and oxygen atoms in total. The monoisotopic (exact) mass is 451 g/mol. The lowest BCUT2D eigenvalue weighted by Gasteiger charge is -2.26. The number of rotatable bonds is 9. The van der Waals surface area contributed by atoms with Gasteiger partial charge in [-0.25, -0.2) is 22.7 Å². The lowest BCUT2D eigenvalue weighted by atomic mass is 10.3. The predicted molar refractivity (Wildman–Crippen MR) is 123 cm³/mol. The first-order valence-corrected chi connectivity index (χ1v) is 12.0. The number of anilines is 1. The Morgan fingerprint density at radius 3 is 2.33 bits per heavy atom. The minimum atomic E-state index is -3.93. The Kier molecular flexibility index (Phi) is 9.05. The van der Waals surface area contributed by atoms with Crippen molar-refractivity contribution < 1.29 is 8.42 Å². The van der Waals surface area contributed by atoms with E-state index in [-0.39, 0.29) is 22.4 Å². The highest BCUT2D eigenvalue weighted by molar-refractivity contribution is 7.89. The van der Waals surface area contributed by atoms with Crippen molar-refractivity contribution in [2.24, 2.45) is 4.99 Å². The highest BCUT2D eigenvalue weighted by Crippen LogP contribution is 2.25. The quantitative estimate of drug-likeness (QED) is 0.336. The Labute approximate surface area is 184 Å². The molecular formula is C21H30ClN5O2S. The molecule has 2 rings (SSSR count). The van der Waals surface area contributed by atoms with E-state index in [2.05, 4.69) is 27.2 Å². The zero-order valence-corrected chi connectivity index (χ0v) is 19.6. The number of guanidine groups is 1. The second-order valence-corrected chi connectivity index (χ2v) is 9.26. The topological polar surface area (TPSA) is 87.6 Å². The average Bonchev–Trinajstić information content (AvgIpc) is 2.67. The molecule has 0 aliphatic heterocycles. The van der Waals surface area contributed by atoms with Crippen LogP contribution in [0, 0.1) is 13.8 Å². The molecule has 9 heteroatoms. The number of aryl methyl sites for hydroxylation is 2. The highest BCUT2D eigenvalue weighted by atomic mass is 35.5. The van der Waals surface area contributed by atoms with E-state index < -0.39 is 10.0 Å². The minimum absolute atomic E-state index is 0.0501. The number of sulfonamides is 1. The molecule has 0 radical (unpaired) electrons. The molecule has 0 aliphatic carbocycles. The van der Waals surface area contributed by atoms with Crippen molar-refractivity contribution in [2.75, 3.05) is 18.4 Å². The van der Waals surface area contributed by atoms with Gasteiger partial charge in [-0.2, -0.15) is 0 Å². The molecule has 0 aliphatic rings. The van der Waals surface area contributed by atoms with Crippen LogP contribution in [0.5, 0.6) is 0 Å². The average molecular weight is 452 g/mol. The summed E-state index contributed by atoms with van der Waals surface area (Å²) in [6.07, 6.45) is 3.29. The second-order valence-electron chi connectivity index (χ2n) is 7.02. The number of hydrogen-bond donors (Lipinski definition) is 1. The fourth-order valence-corrected chi connectivity index (χ4v) is 4.75. The van der Waals surface area contributed by atoms with Gasteiger partial charge in [0.15, 0.2) is 0 Å². The zero-order valence-electron chi connectivity index (χ0n) is 18.0. The van der Waals surface area contributed by atoms with Crippen LogP contribution in [0.4, 0.5) is 5.95 Å². The van der Waals surface area contributed by atoms with Crippen molar-refractivity contribution in [3.05, 3.63) is 46.7 Å². The molecule has 0 amide bonds. The highest BCUT2D eigenvalue weighted by Gasteiger charge is 2.29. The molecule has 0 atom stereocenters. The molecule has 164 valence electrons. The van der Waals surface area contributed by atoms with Gasteiger partial charge in [-0.1, -0.05) is 50.4 Å². The Bertz CT molecular complexity index is 959. The van der Waals surface area contributed by atoms with Gasteiger partial charge >= 0.3 is 0 Å². The van der Waals surface area contributed by atoms with Crippen molar-refractivity contribution in [1.82, 2.24) is 14.3 Å². The van der Waals surface area contributed by atoms with Gasteiger partial charge in [-0.05, 0) is 44.9 Å². The summed E-state index contributed by atoms with van der Waals surface area (Å²) in [5.41, 5.74) is 1.57. The van der Waals surface area contributed by atoms with Gasteiger partial charge in [0.25, 0.3) is 10.0 Å². The van der Waals surface area contributed by atoms with Gasteiger partial charge in [0, 0.05) is 24.5 Å². The number of nitrogens with one attached hydrogen (secondary N) is 1. The molecular weight excluding hydrogens is 422 g/mol. The van der Waals surface area contributed by atoms with Gasteiger partial charge in [0.05, 0.1) is 5.02 Å². The third-order valence-electron chi connectivity index (χ3n) is 4.33. The molecule has 0 saturated carbocycles. The number of aliphatic imine (C=N–C) groups is 1. The van der Waals surface area contributed by atoms with Crippen molar-refractivity contribution in [3.8, 4) is 0 Å². The molecule has 1 aromatic heterocycles. The lowest BCUT2D eigenvalue weighted by Crippen LogP contribution is -2.42. The normalized spacial score (nSPS) is 12.1. The largest absolute Gasteiger partial charge is 0.294 e. The van der Waals surface area contributed by atoms with E-state index in [4.69, 9.17) is 11.6 Å². The fourth-order valence-electron chi connectivity index (χ4n) is 2.82. The van der Waals surface area contributed by atoms with E-state index in [1.807, 2.05) is 26.8 Å². The summed E-state index contributed by atoms with van der Waals surface area (Å²) < 4.78 is 28.4. The molecule has 1 aromatic carbocycles. The van der Waals surface area contributed by atoms with Crippen LogP contribution in [0.25, 0.3) is 0 Å². The molecule has 30 heavy (non-hydrogen) atoms. The number of benzene rings is 1. The first kappa shape index (κ1) is 24.1. The maximum absolute atomic E-state index is 13.5. The van der Waals surface area contributed by atoms with Gasteiger partial charge < -0.3 is 0 Å². The molecule has 1 N–H and O–H groups in total. The third kappa shape index (κ3) is 6.40. The van der Waals surface area contributed by atoms with E-state index in [0.717, 1.165) is 30.7 Å². The minimum Gasteiger partial charge on any atom is -0.294 e. The van der Waals surface area contributed by atoms with Crippen molar-refractivity contribution in [2.45, 2.75) is 58.3 Å². The Morgan fingerprint density at radius 2 is 1.73 bits per heavy atom. The van der Waals surface area contributed by atoms with E-state index in [1.54, 1.807) is 18.2 Å².